The largest absolute Gasteiger partial charge is 0.416 e. The Bertz CT molecular complexity index is 1680. The molecule has 0 bridgehead atoms. The fourth-order valence-corrected chi connectivity index (χ4v) is 5.23. The number of alkyl halides is 3. The number of fused-ring (bicyclic) bond motifs is 1. The summed E-state index contributed by atoms with van der Waals surface area (Å²) in [7, 11) is 1.58. The van der Waals surface area contributed by atoms with Crippen molar-refractivity contribution in [1.82, 2.24) is 24.4 Å². The molecular formula is C29H30F4N8O3. The highest BCUT2D eigenvalue weighted by molar-refractivity contribution is 6.00. The van der Waals surface area contributed by atoms with Gasteiger partial charge in [-0.25, -0.2) is 18.7 Å². The lowest BCUT2D eigenvalue weighted by Crippen LogP contribution is -2.47. The molecule has 2 aromatic carbocycles. The zero-order valence-corrected chi connectivity index (χ0v) is 23.9. The number of aromatic nitrogens is 3. The van der Waals surface area contributed by atoms with Crippen molar-refractivity contribution >= 4 is 34.6 Å². The van der Waals surface area contributed by atoms with Gasteiger partial charge in [-0.05, 0) is 35.9 Å². The first-order chi connectivity index (χ1) is 21.0. The number of hydrogen-bond donors (Lipinski definition) is 3. The first-order valence-corrected chi connectivity index (χ1v) is 13.6. The summed E-state index contributed by atoms with van der Waals surface area (Å²) in [6.45, 7) is 4.92. The predicted molar refractivity (Wildman–Crippen MR) is 155 cm³/mol. The topological polar surface area (TPSA) is 130 Å². The molecule has 1 fully saturated rings. The fourth-order valence-electron chi connectivity index (χ4n) is 5.23. The number of anilines is 3. The molecule has 44 heavy (non-hydrogen) atoms. The number of amides is 3. The van der Waals surface area contributed by atoms with Crippen molar-refractivity contribution in [3.8, 4) is 11.1 Å². The number of halogens is 4. The van der Waals surface area contributed by atoms with Crippen LogP contribution in [0.2, 0.25) is 0 Å². The quantitative estimate of drug-likeness (QED) is 0.260. The third kappa shape index (κ3) is 6.43. The fraction of sp³-hybridized carbons (Fsp3) is 0.310. The molecule has 0 aliphatic carbocycles. The van der Waals surface area contributed by atoms with Crippen LogP contribution >= 0.6 is 0 Å². The van der Waals surface area contributed by atoms with Gasteiger partial charge in [-0.3, -0.25) is 9.69 Å². The van der Waals surface area contributed by atoms with Crippen LogP contribution in [0.5, 0.6) is 0 Å². The molecule has 4 N–H and O–H groups in total. The van der Waals surface area contributed by atoms with E-state index in [0.29, 0.717) is 62.1 Å². The normalized spacial score (nSPS) is 14.2. The minimum atomic E-state index is -4.69. The number of ether oxygens (including phenoxy) is 1. The summed E-state index contributed by atoms with van der Waals surface area (Å²) in [4.78, 5) is 32.5. The number of nitrogens with one attached hydrogen (secondary N) is 2. The first-order valence-electron chi connectivity index (χ1n) is 13.6. The molecule has 15 heteroatoms. The molecular weight excluding hydrogens is 584 g/mol. The number of carbonyl (C=O) groups is 2. The van der Waals surface area contributed by atoms with Crippen LogP contribution in [0.1, 0.15) is 23.7 Å². The maximum atomic E-state index is 14.1. The summed E-state index contributed by atoms with van der Waals surface area (Å²) >= 11 is 0. The van der Waals surface area contributed by atoms with E-state index < -0.39 is 29.3 Å². The number of hydrogen-bond acceptors (Lipinski definition) is 7. The maximum absolute atomic E-state index is 14.1. The molecule has 2 aromatic heterocycles. The van der Waals surface area contributed by atoms with Crippen LogP contribution in [0.4, 0.5) is 39.5 Å². The second-order valence-electron chi connectivity index (χ2n) is 10.3. The van der Waals surface area contributed by atoms with Gasteiger partial charge in [-0.15, -0.1) is 0 Å². The summed E-state index contributed by atoms with van der Waals surface area (Å²) in [6.07, 6.45) is -3.32. The van der Waals surface area contributed by atoms with Crippen LogP contribution in [0.3, 0.4) is 0 Å². The average Bonchev–Trinajstić information content (AvgIpc) is 3.28. The van der Waals surface area contributed by atoms with Crippen LogP contribution in [0.15, 0.2) is 48.8 Å². The minimum Gasteiger partial charge on any atom is -0.382 e. The number of nitrogens with two attached hydrogens (primary N) is 1. The van der Waals surface area contributed by atoms with E-state index in [2.05, 4.69) is 25.6 Å². The van der Waals surface area contributed by atoms with E-state index in [4.69, 9.17) is 10.5 Å². The third-order valence-corrected chi connectivity index (χ3v) is 7.41. The van der Waals surface area contributed by atoms with Gasteiger partial charge in [0.1, 0.15) is 17.7 Å². The lowest BCUT2D eigenvalue weighted by Gasteiger charge is -2.34. The lowest BCUT2D eigenvalue weighted by molar-refractivity contribution is -0.137. The molecule has 4 aromatic rings. The van der Waals surface area contributed by atoms with E-state index in [1.165, 1.54) is 6.33 Å². The molecule has 1 aliphatic heterocycles. The van der Waals surface area contributed by atoms with Crippen LogP contribution in [-0.4, -0.2) is 69.6 Å². The van der Waals surface area contributed by atoms with Gasteiger partial charge in [0, 0.05) is 63.6 Å². The number of benzene rings is 2. The molecule has 3 heterocycles. The molecule has 5 rings (SSSR count). The zero-order chi connectivity index (χ0) is 31.6. The summed E-state index contributed by atoms with van der Waals surface area (Å²) in [5.41, 5.74) is 8.68. The molecule has 0 radical (unpaired) electrons. The average molecular weight is 615 g/mol. The Balaban J connectivity index is 1.41. The van der Waals surface area contributed by atoms with E-state index in [1.54, 1.807) is 47.7 Å². The Labute approximate surface area is 249 Å². The highest BCUT2D eigenvalue weighted by Gasteiger charge is 2.31. The SMILES string of the molecule is COCc1c(-c2ccc(NC(=O)Nc3cc(C(F)(F)F)ccc3F)cc2)c2c(N)ncnn2c1CN1CCN(C(C)=O)CC1. The van der Waals surface area contributed by atoms with E-state index >= 15 is 0 Å². The van der Waals surface area contributed by atoms with Crippen molar-refractivity contribution in [2.45, 2.75) is 26.3 Å². The number of piperazine rings is 1. The van der Waals surface area contributed by atoms with Gasteiger partial charge in [0.2, 0.25) is 5.91 Å². The number of rotatable bonds is 7. The molecule has 232 valence electrons. The highest BCUT2D eigenvalue weighted by atomic mass is 19.4. The van der Waals surface area contributed by atoms with E-state index in [-0.39, 0.29) is 18.3 Å². The van der Waals surface area contributed by atoms with Crippen molar-refractivity contribution in [2.75, 3.05) is 49.7 Å². The molecule has 3 amide bonds. The summed E-state index contributed by atoms with van der Waals surface area (Å²) in [5.74, 6) is -0.713. The number of nitrogens with zero attached hydrogens (tertiary/aromatic N) is 5. The Morgan fingerprint density at radius 3 is 2.39 bits per heavy atom. The predicted octanol–water partition coefficient (Wildman–Crippen LogP) is 4.59. The van der Waals surface area contributed by atoms with Crippen molar-refractivity contribution in [3.05, 3.63) is 71.4 Å². The summed E-state index contributed by atoms with van der Waals surface area (Å²) in [5, 5.41) is 9.10. The molecule has 0 saturated carbocycles. The van der Waals surface area contributed by atoms with E-state index in [1.807, 2.05) is 0 Å². The lowest BCUT2D eigenvalue weighted by atomic mass is 10.0. The van der Waals surface area contributed by atoms with Crippen molar-refractivity contribution < 1.29 is 31.9 Å². The number of nitrogen functional groups attached to an aromatic ring is 1. The summed E-state index contributed by atoms with van der Waals surface area (Å²) in [6, 6.07) is 7.50. The van der Waals surface area contributed by atoms with Crippen molar-refractivity contribution in [3.63, 3.8) is 0 Å². The second-order valence-corrected chi connectivity index (χ2v) is 10.3. The molecule has 0 atom stereocenters. The zero-order valence-electron chi connectivity index (χ0n) is 23.9. The van der Waals surface area contributed by atoms with Gasteiger partial charge >= 0.3 is 12.2 Å². The van der Waals surface area contributed by atoms with Crippen LogP contribution < -0.4 is 16.4 Å². The number of carbonyl (C=O) groups excluding carboxylic acids is 2. The number of methoxy groups -OCH3 is 1. The Morgan fingerprint density at radius 1 is 1.05 bits per heavy atom. The summed E-state index contributed by atoms with van der Waals surface area (Å²) < 4.78 is 60.5. The van der Waals surface area contributed by atoms with E-state index in [9.17, 15) is 27.2 Å². The van der Waals surface area contributed by atoms with Gasteiger partial charge in [-0.1, -0.05) is 12.1 Å². The van der Waals surface area contributed by atoms with Gasteiger partial charge in [0.15, 0.2) is 5.82 Å². The number of urea groups is 1. The Morgan fingerprint density at radius 2 is 1.75 bits per heavy atom. The highest BCUT2D eigenvalue weighted by Crippen LogP contribution is 2.37. The third-order valence-electron chi connectivity index (χ3n) is 7.41. The van der Waals surface area contributed by atoms with Crippen LogP contribution in [-0.2, 0) is 28.9 Å². The standard InChI is InChI=1S/C29H30F4N8O3/c1-17(42)40-11-9-39(10-12-40)14-24-21(15-44-2)25(26-27(34)35-16-36-41(24)26)18-3-6-20(7-4-18)37-28(43)38-23-13-19(29(31,32)33)5-8-22(23)30/h3-8,13,16H,9-12,14-15H2,1-2H3,(H2,34,35,36)(H2,37,38,43). The Hall–Kier alpha value is -4.76. The van der Waals surface area contributed by atoms with Crippen LogP contribution in [0.25, 0.3) is 16.6 Å². The van der Waals surface area contributed by atoms with Gasteiger partial charge in [0.05, 0.1) is 23.6 Å². The first kappa shape index (κ1) is 30.7. The molecule has 11 nitrogen and oxygen atoms in total. The molecule has 1 saturated heterocycles. The van der Waals surface area contributed by atoms with Crippen LogP contribution in [0, 0.1) is 5.82 Å². The minimum absolute atomic E-state index is 0.0406. The van der Waals surface area contributed by atoms with Gasteiger partial charge in [0.25, 0.3) is 0 Å². The van der Waals surface area contributed by atoms with Gasteiger partial charge < -0.3 is 26.0 Å². The van der Waals surface area contributed by atoms with Gasteiger partial charge in [-0.2, -0.15) is 18.3 Å². The van der Waals surface area contributed by atoms with E-state index in [0.717, 1.165) is 22.4 Å². The Kier molecular flexibility index (Phi) is 8.69. The smallest absolute Gasteiger partial charge is 0.382 e. The maximum Gasteiger partial charge on any atom is 0.416 e. The monoisotopic (exact) mass is 614 g/mol. The second kappa shape index (κ2) is 12.5. The van der Waals surface area contributed by atoms with Crippen molar-refractivity contribution in [2.24, 2.45) is 0 Å². The van der Waals surface area contributed by atoms with Crippen molar-refractivity contribution in [1.29, 1.82) is 0 Å². The molecule has 0 unspecified atom stereocenters. The molecule has 0 spiro atoms. The molecule has 1 aliphatic rings.